The predicted octanol–water partition coefficient (Wildman–Crippen LogP) is 3.50. The van der Waals surface area contributed by atoms with E-state index < -0.39 is 0 Å². The fourth-order valence-electron chi connectivity index (χ4n) is 2.44. The summed E-state index contributed by atoms with van der Waals surface area (Å²) in [6.45, 7) is 5.21. The van der Waals surface area contributed by atoms with Crippen LogP contribution in [0, 0.1) is 0 Å². The molecule has 0 fully saturated rings. The van der Waals surface area contributed by atoms with Crippen LogP contribution in [0.5, 0.6) is 5.75 Å². The molecular formula is C16H23N3O. The molecule has 0 unspecified atom stereocenters. The number of hydrogen-bond acceptors (Lipinski definition) is 3. The van der Waals surface area contributed by atoms with E-state index in [0.717, 1.165) is 54.5 Å². The summed E-state index contributed by atoms with van der Waals surface area (Å²) in [5.41, 5.74) is 8.11. The average Bonchev–Trinajstić information content (AvgIpc) is 2.77. The lowest BCUT2D eigenvalue weighted by Gasteiger charge is -2.08. The lowest BCUT2D eigenvalue weighted by atomic mass is 10.1. The average molecular weight is 273 g/mol. The number of aryl methyl sites for hydroxylation is 1. The van der Waals surface area contributed by atoms with E-state index in [0.29, 0.717) is 0 Å². The van der Waals surface area contributed by atoms with Crippen LogP contribution in [0.25, 0.3) is 11.3 Å². The van der Waals surface area contributed by atoms with E-state index in [1.54, 1.807) is 7.11 Å². The molecule has 0 spiro atoms. The Bertz CT molecular complexity index is 575. The molecule has 108 valence electrons. The fraction of sp³-hybridized carbons (Fsp3) is 0.438. The van der Waals surface area contributed by atoms with Crippen molar-refractivity contribution in [3.8, 4) is 17.0 Å². The van der Waals surface area contributed by atoms with Gasteiger partial charge in [0, 0.05) is 18.5 Å². The Morgan fingerprint density at radius 1 is 1.20 bits per heavy atom. The zero-order valence-electron chi connectivity index (χ0n) is 12.5. The summed E-state index contributed by atoms with van der Waals surface area (Å²) in [5, 5.41) is 0. The van der Waals surface area contributed by atoms with Crippen molar-refractivity contribution in [2.45, 2.75) is 39.7 Å². The Morgan fingerprint density at radius 3 is 2.60 bits per heavy atom. The lowest BCUT2D eigenvalue weighted by Crippen LogP contribution is -2.06. The van der Waals surface area contributed by atoms with Gasteiger partial charge in [-0.25, -0.2) is 4.98 Å². The summed E-state index contributed by atoms with van der Waals surface area (Å²) in [6, 6.07) is 7.88. The topological polar surface area (TPSA) is 53.1 Å². The molecule has 0 bridgehead atoms. The predicted molar refractivity (Wildman–Crippen MR) is 82.9 cm³/mol. The van der Waals surface area contributed by atoms with Gasteiger partial charge in [0.2, 0.25) is 0 Å². The van der Waals surface area contributed by atoms with Crippen molar-refractivity contribution in [1.82, 2.24) is 9.55 Å². The molecule has 0 amide bonds. The third-order valence-electron chi connectivity index (χ3n) is 3.37. The van der Waals surface area contributed by atoms with Crippen molar-refractivity contribution in [2.24, 2.45) is 0 Å². The molecule has 0 atom stereocenters. The monoisotopic (exact) mass is 273 g/mol. The highest BCUT2D eigenvalue weighted by atomic mass is 16.5. The summed E-state index contributed by atoms with van der Waals surface area (Å²) in [7, 11) is 1.67. The number of nitrogens with zero attached hydrogens (tertiary/aromatic N) is 2. The van der Waals surface area contributed by atoms with Gasteiger partial charge < -0.3 is 15.0 Å². The van der Waals surface area contributed by atoms with Crippen LogP contribution in [0.4, 0.5) is 5.82 Å². The zero-order chi connectivity index (χ0) is 14.5. The second-order valence-electron chi connectivity index (χ2n) is 4.86. The van der Waals surface area contributed by atoms with Crippen LogP contribution in [0.1, 0.15) is 32.5 Å². The molecule has 0 aliphatic carbocycles. The van der Waals surface area contributed by atoms with Crippen LogP contribution < -0.4 is 10.5 Å². The molecular weight excluding hydrogens is 250 g/mol. The molecule has 0 aliphatic rings. The van der Waals surface area contributed by atoms with Crippen LogP contribution >= 0.6 is 0 Å². The van der Waals surface area contributed by atoms with E-state index >= 15 is 0 Å². The van der Waals surface area contributed by atoms with Gasteiger partial charge >= 0.3 is 0 Å². The minimum absolute atomic E-state index is 0.736. The lowest BCUT2D eigenvalue weighted by molar-refractivity contribution is 0.416. The molecule has 1 heterocycles. The highest BCUT2D eigenvalue weighted by Crippen LogP contribution is 2.33. The maximum absolute atomic E-state index is 6.32. The maximum atomic E-state index is 6.32. The Hall–Kier alpha value is -1.97. The van der Waals surface area contributed by atoms with Crippen molar-refractivity contribution in [3.05, 3.63) is 30.1 Å². The van der Waals surface area contributed by atoms with Crippen LogP contribution in [0.15, 0.2) is 24.3 Å². The first-order valence-electron chi connectivity index (χ1n) is 7.21. The van der Waals surface area contributed by atoms with Crippen molar-refractivity contribution in [1.29, 1.82) is 0 Å². The van der Waals surface area contributed by atoms with Gasteiger partial charge in [-0.2, -0.15) is 0 Å². The van der Waals surface area contributed by atoms with Gasteiger partial charge in [0.05, 0.1) is 7.11 Å². The minimum Gasteiger partial charge on any atom is -0.496 e. The second kappa shape index (κ2) is 6.46. The molecule has 4 nitrogen and oxygen atoms in total. The molecule has 1 aromatic heterocycles. The summed E-state index contributed by atoms with van der Waals surface area (Å²) in [5.74, 6) is 2.61. The van der Waals surface area contributed by atoms with Gasteiger partial charge in [-0.15, -0.1) is 0 Å². The van der Waals surface area contributed by atoms with E-state index in [9.17, 15) is 0 Å². The van der Waals surface area contributed by atoms with E-state index in [2.05, 4.69) is 18.4 Å². The standard InChI is InChI=1S/C16H23N3O/c1-4-8-14-18-15(16(17)19(14)11-5-2)12-9-6-7-10-13(12)20-3/h6-7,9-10H,4-5,8,11,17H2,1-3H3. The third-order valence-corrected chi connectivity index (χ3v) is 3.37. The van der Waals surface area contributed by atoms with Crippen molar-refractivity contribution >= 4 is 5.82 Å². The molecule has 0 radical (unpaired) electrons. The van der Waals surface area contributed by atoms with Crippen molar-refractivity contribution in [3.63, 3.8) is 0 Å². The first-order chi connectivity index (χ1) is 9.72. The van der Waals surface area contributed by atoms with E-state index in [4.69, 9.17) is 15.5 Å². The molecule has 1 aromatic carbocycles. The summed E-state index contributed by atoms with van der Waals surface area (Å²) < 4.78 is 7.55. The number of imidazole rings is 1. The fourth-order valence-corrected chi connectivity index (χ4v) is 2.44. The Balaban J connectivity index is 2.54. The Kier molecular flexibility index (Phi) is 4.66. The number of benzene rings is 1. The van der Waals surface area contributed by atoms with Crippen LogP contribution in [0.3, 0.4) is 0 Å². The van der Waals surface area contributed by atoms with Crippen molar-refractivity contribution < 1.29 is 4.74 Å². The maximum Gasteiger partial charge on any atom is 0.131 e. The number of ether oxygens (including phenoxy) is 1. The van der Waals surface area contributed by atoms with E-state index in [1.165, 1.54) is 0 Å². The van der Waals surface area contributed by atoms with Crippen LogP contribution in [-0.4, -0.2) is 16.7 Å². The van der Waals surface area contributed by atoms with Gasteiger partial charge in [-0.1, -0.05) is 26.0 Å². The summed E-state index contributed by atoms with van der Waals surface area (Å²) in [4.78, 5) is 4.75. The highest BCUT2D eigenvalue weighted by molar-refractivity contribution is 5.76. The van der Waals surface area contributed by atoms with E-state index in [1.807, 2.05) is 24.3 Å². The molecule has 2 aromatic rings. The molecule has 0 saturated heterocycles. The number of anilines is 1. The normalized spacial score (nSPS) is 10.8. The quantitative estimate of drug-likeness (QED) is 0.876. The van der Waals surface area contributed by atoms with Gasteiger partial charge in [-0.05, 0) is 25.0 Å². The Labute approximate surface area is 120 Å². The summed E-state index contributed by atoms with van der Waals surface area (Å²) in [6.07, 6.45) is 3.05. The van der Waals surface area contributed by atoms with Gasteiger partial charge in [0.25, 0.3) is 0 Å². The first-order valence-corrected chi connectivity index (χ1v) is 7.21. The third kappa shape index (κ3) is 2.64. The molecule has 2 N–H and O–H groups in total. The first kappa shape index (κ1) is 14.4. The van der Waals surface area contributed by atoms with Gasteiger partial charge in [0.1, 0.15) is 23.1 Å². The number of nitrogen functional groups attached to an aromatic ring is 1. The molecule has 4 heteroatoms. The van der Waals surface area contributed by atoms with Crippen LogP contribution in [0.2, 0.25) is 0 Å². The summed E-state index contributed by atoms with van der Waals surface area (Å²) >= 11 is 0. The molecule has 0 saturated carbocycles. The van der Waals surface area contributed by atoms with E-state index in [-0.39, 0.29) is 0 Å². The number of rotatable bonds is 6. The second-order valence-corrected chi connectivity index (χ2v) is 4.86. The minimum atomic E-state index is 0.736. The number of methoxy groups -OCH3 is 1. The number of aromatic nitrogens is 2. The van der Waals surface area contributed by atoms with Gasteiger partial charge in [-0.3, -0.25) is 0 Å². The molecule has 0 aliphatic heterocycles. The SMILES string of the molecule is CCCc1nc(-c2ccccc2OC)c(N)n1CCC. The number of hydrogen-bond donors (Lipinski definition) is 1. The Morgan fingerprint density at radius 2 is 1.95 bits per heavy atom. The van der Waals surface area contributed by atoms with Crippen LogP contribution in [-0.2, 0) is 13.0 Å². The number of nitrogens with two attached hydrogens (primary N) is 1. The largest absolute Gasteiger partial charge is 0.496 e. The zero-order valence-corrected chi connectivity index (χ0v) is 12.5. The molecule has 20 heavy (non-hydrogen) atoms. The highest BCUT2D eigenvalue weighted by Gasteiger charge is 2.17. The van der Waals surface area contributed by atoms with Gasteiger partial charge in [0.15, 0.2) is 0 Å². The molecule has 2 rings (SSSR count). The number of para-hydroxylation sites is 1. The van der Waals surface area contributed by atoms with Crippen molar-refractivity contribution in [2.75, 3.05) is 12.8 Å². The smallest absolute Gasteiger partial charge is 0.131 e.